The minimum atomic E-state index is -0.189. The van der Waals surface area contributed by atoms with Gasteiger partial charge in [-0.3, -0.25) is 0 Å². The van der Waals surface area contributed by atoms with Crippen LogP contribution in [0.3, 0.4) is 0 Å². The number of rotatable bonds is 1. The van der Waals surface area contributed by atoms with Crippen molar-refractivity contribution in [1.29, 1.82) is 0 Å². The first-order chi connectivity index (χ1) is 10.0. The molecule has 0 bridgehead atoms. The molecule has 2 aliphatic rings. The highest BCUT2D eigenvalue weighted by Gasteiger charge is 2.40. The van der Waals surface area contributed by atoms with Crippen LogP contribution >= 0.6 is 15.9 Å². The zero-order valence-electron chi connectivity index (χ0n) is 12.9. The third-order valence-electron chi connectivity index (χ3n) is 3.73. The van der Waals surface area contributed by atoms with Gasteiger partial charge in [0, 0.05) is 16.5 Å². The molecule has 0 aromatic heterocycles. The molecule has 4 nitrogen and oxygen atoms in total. The van der Waals surface area contributed by atoms with E-state index in [1.54, 1.807) is 7.11 Å². The first-order valence-corrected chi connectivity index (χ1v) is 8.17. The molecule has 1 aromatic rings. The van der Waals surface area contributed by atoms with E-state index in [1.165, 1.54) is 17.5 Å². The molecule has 1 aliphatic heterocycles. The molecule has 1 heterocycles. The zero-order chi connectivity index (χ0) is 15.5. The topological polar surface area (TPSA) is 56.8 Å². The summed E-state index contributed by atoms with van der Waals surface area (Å²) in [6.07, 6.45) is 4.01. The van der Waals surface area contributed by atoms with Crippen LogP contribution in [0.4, 0.5) is 0 Å². The summed E-state index contributed by atoms with van der Waals surface area (Å²) in [7, 11) is 1.70. The van der Waals surface area contributed by atoms with Crippen molar-refractivity contribution in [2.45, 2.75) is 45.1 Å². The number of ether oxygens (including phenoxy) is 2. The lowest BCUT2D eigenvalue weighted by molar-refractivity contribution is 0.233. The molecular formula is C16H23BrN2O2. The summed E-state index contributed by atoms with van der Waals surface area (Å²) < 4.78 is 11.9. The van der Waals surface area contributed by atoms with Crippen molar-refractivity contribution in [3.05, 3.63) is 27.7 Å². The standard InChI is InChI=1S/C13H15BrN2O2.C3H8/c1-17-11-3-2-10(14)8-4-5-13(6-9(8)11)7-18-12(15)16-13;1-3-2/h2-3H,4-7H2,1H3,(H2,15,16);3H2,1-2H3. The summed E-state index contributed by atoms with van der Waals surface area (Å²) in [6.45, 7) is 4.83. The number of fused-ring (bicyclic) bond motifs is 1. The van der Waals surface area contributed by atoms with Crippen LogP contribution in [0.2, 0.25) is 0 Å². The number of hydrogen-bond donors (Lipinski definition) is 1. The van der Waals surface area contributed by atoms with Crippen LogP contribution < -0.4 is 10.5 Å². The smallest absolute Gasteiger partial charge is 0.282 e. The van der Waals surface area contributed by atoms with Gasteiger partial charge in [0.15, 0.2) is 0 Å². The molecule has 1 atom stereocenters. The molecule has 3 rings (SSSR count). The van der Waals surface area contributed by atoms with E-state index in [-0.39, 0.29) is 5.54 Å². The molecule has 1 aromatic carbocycles. The van der Waals surface area contributed by atoms with Crippen LogP contribution in [0, 0.1) is 0 Å². The van der Waals surface area contributed by atoms with Crippen LogP contribution in [0.1, 0.15) is 37.8 Å². The summed E-state index contributed by atoms with van der Waals surface area (Å²) in [5, 5.41) is 0. The minimum absolute atomic E-state index is 0.189. The largest absolute Gasteiger partial charge is 0.496 e. The molecule has 0 amide bonds. The van der Waals surface area contributed by atoms with E-state index in [0.29, 0.717) is 12.6 Å². The average Bonchev–Trinajstić information content (AvgIpc) is 2.81. The van der Waals surface area contributed by atoms with Gasteiger partial charge in [-0.05, 0) is 30.5 Å². The summed E-state index contributed by atoms with van der Waals surface area (Å²) in [5.74, 6) is 0.924. The first kappa shape index (κ1) is 16.1. The highest BCUT2D eigenvalue weighted by Crippen LogP contribution is 2.41. The second-order valence-corrected chi connectivity index (χ2v) is 6.41. The molecule has 0 fully saturated rings. The Labute approximate surface area is 134 Å². The molecule has 116 valence electrons. The van der Waals surface area contributed by atoms with E-state index in [4.69, 9.17) is 15.2 Å². The van der Waals surface area contributed by atoms with Gasteiger partial charge in [-0.1, -0.05) is 36.2 Å². The molecule has 1 aliphatic carbocycles. The molecule has 1 unspecified atom stereocenters. The number of methoxy groups -OCH3 is 1. The molecular weight excluding hydrogens is 332 g/mol. The maximum absolute atomic E-state index is 5.65. The second-order valence-electron chi connectivity index (χ2n) is 5.55. The third-order valence-corrected chi connectivity index (χ3v) is 4.48. The fourth-order valence-electron chi connectivity index (χ4n) is 2.80. The number of amidine groups is 1. The van der Waals surface area contributed by atoms with Gasteiger partial charge >= 0.3 is 0 Å². The van der Waals surface area contributed by atoms with Gasteiger partial charge in [0.05, 0.1) is 7.11 Å². The maximum atomic E-state index is 5.65. The third kappa shape index (κ3) is 3.34. The normalized spacial score (nSPS) is 22.8. The van der Waals surface area contributed by atoms with Crippen LogP contribution in [0.25, 0.3) is 0 Å². The molecule has 0 saturated heterocycles. The van der Waals surface area contributed by atoms with Gasteiger partial charge in [0.2, 0.25) is 0 Å². The second kappa shape index (κ2) is 6.69. The Morgan fingerprint density at radius 3 is 2.67 bits per heavy atom. The van der Waals surface area contributed by atoms with E-state index in [2.05, 4.69) is 34.8 Å². The first-order valence-electron chi connectivity index (χ1n) is 7.37. The average molecular weight is 355 g/mol. The van der Waals surface area contributed by atoms with Gasteiger partial charge in [0.25, 0.3) is 6.02 Å². The number of aliphatic imine (C=N–C) groups is 1. The zero-order valence-corrected chi connectivity index (χ0v) is 14.5. The lowest BCUT2D eigenvalue weighted by Gasteiger charge is -2.31. The Morgan fingerprint density at radius 2 is 2.10 bits per heavy atom. The molecule has 2 N–H and O–H groups in total. The van der Waals surface area contributed by atoms with Gasteiger partial charge in [-0.25, -0.2) is 4.99 Å². The Kier molecular flexibility index (Phi) is 5.14. The van der Waals surface area contributed by atoms with Crippen LogP contribution in [0.5, 0.6) is 5.75 Å². The number of benzene rings is 1. The minimum Gasteiger partial charge on any atom is -0.496 e. The highest BCUT2D eigenvalue weighted by molar-refractivity contribution is 9.10. The summed E-state index contributed by atoms with van der Waals surface area (Å²) in [6, 6.07) is 4.34. The van der Waals surface area contributed by atoms with Gasteiger partial charge in [-0.2, -0.15) is 0 Å². The Hall–Kier alpha value is -1.23. The van der Waals surface area contributed by atoms with E-state index < -0.39 is 0 Å². The Bertz CT molecular complexity index is 545. The number of hydrogen-bond acceptors (Lipinski definition) is 4. The summed E-state index contributed by atoms with van der Waals surface area (Å²) in [5.41, 5.74) is 8.00. The molecule has 0 radical (unpaired) electrons. The predicted molar refractivity (Wildman–Crippen MR) is 89.0 cm³/mol. The van der Waals surface area contributed by atoms with Gasteiger partial charge < -0.3 is 15.2 Å². The van der Waals surface area contributed by atoms with Crippen molar-refractivity contribution in [3.8, 4) is 5.75 Å². The number of halogens is 1. The van der Waals surface area contributed by atoms with Crippen molar-refractivity contribution in [2.24, 2.45) is 10.7 Å². The van der Waals surface area contributed by atoms with Crippen molar-refractivity contribution in [2.75, 3.05) is 13.7 Å². The van der Waals surface area contributed by atoms with Gasteiger partial charge in [-0.15, -0.1) is 0 Å². The summed E-state index contributed by atoms with van der Waals surface area (Å²) in [4.78, 5) is 4.48. The fraction of sp³-hybridized carbons (Fsp3) is 0.562. The quantitative estimate of drug-likeness (QED) is 0.840. The number of nitrogens with two attached hydrogens (primary N) is 1. The van der Waals surface area contributed by atoms with E-state index in [9.17, 15) is 0 Å². The highest BCUT2D eigenvalue weighted by atomic mass is 79.9. The van der Waals surface area contributed by atoms with Crippen molar-refractivity contribution >= 4 is 22.0 Å². The van der Waals surface area contributed by atoms with Gasteiger partial charge in [0.1, 0.15) is 17.9 Å². The Balaban J connectivity index is 0.000000497. The predicted octanol–water partition coefficient (Wildman–Crippen LogP) is 3.45. The molecule has 21 heavy (non-hydrogen) atoms. The maximum Gasteiger partial charge on any atom is 0.282 e. The SMILES string of the molecule is CCC.COc1ccc(Br)c2c1CC1(CC2)COC(N)=N1. The Morgan fingerprint density at radius 1 is 1.38 bits per heavy atom. The van der Waals surface area contributed by atoms with Crippen LogP contribution in [-0.2, 0) is 17.6 Å². The van der Waals surface area contributed by atoms with Crippen molar-refractivity contribution in [3.63, 3.8) is 0 Å². The van der Waals surface area contributed by atoms with E-state index in [0.717, 1.165) is 29.5 Å². The summed E-state index contributed by atoms with van der Waals surface area (Å²) >= 11 is 3.61. The lowest BCUT2D eigenvalue weighted by atomic mass is 9.78. The van der Waals surface area contributed by atoms with E-state index >= 15 is 0 Å². The lowest BCUT2D eigenvalue weighted by Crippen LogP contribution is -2.35. The van der Waals surface area contributed by atoms with Crippen LogP contribution in [-0.4, -0.2) is 25.3 Å². The van der Waals surface area contributed by atoms with Crippen molar-refractivity contribution < 1.29 is 9.47 Å². The van der Waals surface area contributed by atoms with Crippen LogP contribution in [0.15, 0.2) is 21.6 Å². The fourth-order valence-corrected chi connectivity index (χ4v) is 3.37. The van der Waals surface area contributed by atoms with E-state index in [1.807, 2.05) is 12.1 Å². The monoisotopic (exact) mass is 354 g/mol. The van der Waals surface area contributed by atoms with Crippen molar-refractivity contribution in [1.82, 2.24) is 0 Å². The molecule has 5 heteroatoms. The molecule has 1 spiro atoms. The number of nitrogens with zero attached hydrogens (tertiary/aromatic N) is 1. The molecule has 0 saturated carbocycles.